The molecule has 0 radical (unpaired) electrons. The molecule has 3 nitrogen and oxygen atoms in total. The minimum atomic E-state index is -0.0168. The molecule has 0 amide bonds. The summed E-state index contributed by atoms with van der Waals surface area (Å²) in [6, 6.07) is 6.81. The monoisotopic (exact) mass is 200 g/mol. The molecule has 0 aliphatic carbocycles. The minimum absolute atomic E-state index is 0.0168. The van der Waals surface area contributed by atoms with Gasteiger partial charge in [0.1, 0.15) is 16.9 Å². The van der Waals surface area contributed by atoms with Crippen LogP contribution in [0.25, 0.3) is 21.9 Å². The maximum Gasteiger partial charge on any atom is 0.192 e. The van der Waals surface area contributed by atoms with Crippen molar-refractivity contribution in [3.8, 4) is 0 Å². The third-order valence-electron chi connectivity index (χ3n) is 2.45. The van der Waals surface area contributed by atoms with Gasteiger partial charge in [-0.3, -0.25) is 4.79 Å². The fourth-order valence-corrected chi connectivity index (χ4v) is 1.77. The molecule has 0 aliphatic heterocycles. The van der Waals surface area contributed by atoms with E-state index < -0.39 is 0 Å². The van der Waals surface area contributed by atoms with Gasteiger partial charge in [0.25, 0.3) is 0 Å². The highest BCUT2D eigenvalue weighted by Crippen LogP contribution is 2.24. The molecule has 74 valence electrons. The van der Waals surface area contributed by atoms with Gasteiger partial charge in [0, 0.05) is 6.07 Å². The number of rotatable bonds is 0. The summed E-state index contributed by atoms with van der Waals surface area (Å²) in [5.74, 6) is 0.612. The smallest absolute Gasteiger partial charge is 0.192 e. The van der Waals surface area contributed by atoms with E-state index in [4.69, 9.17) is 8.83 Å². The highest BCUT2D eigenvalue weighted by Gasteiger charge is 2.08. The summed E-state index contributed by atoms with van der Waals surface area (Å²) >= 11 is 0. The average Bonchev–Trinajstić information content (AvgIpc) is 2.65. The fourth-order valence-electron chi connectivity index (χ4n) is 1.77. The molecule has 2 aromatic heterocycles. The van der Waals surface area contributed by atoms with E-state index in [9.17, 15) is 4.79 Å². The molecule has 0 N–H and O–H groups in total. The van der Waals surface area contributed by atoms with E-state index in [1.54, 1.807) is 31.4 Å². The second-order valence-corrected chi connectivity index (χ2v) is 3.50. The normalized spacial score (nSPS) is 11.3. The third-order valence-corrected chi connectivity index (χ3v) is 2.45. The van der Waals surface area contributed by atoms with Crippen molar-refractivity contribution in [3.05, 3.63) is 46.5 Å². The Bertz CT molecular complexity index is 704. The van der Waals surface area contributed by atoms with Crippen LogP contribution in [0, 0.1) is 6.92 Å². The first-order valence-corrected chi connectivity index (χ1v) is 4.66. The summed E-state index contributed by atoms with van der Waals surface area (Å²) in [5, 5.41) is 1.43. The van der Waals surface area contributed by atoms with Gasteiger partial charge in [-0.25, -0.2) is 0 Å². The van der Waals surface area contributed by atoms with Crippen molar-refractivity contribution >= 4 is 21.9 Å². The predicted octanol–water partition coefficient (Wildman–Crippen LogP) is 2.85. The van der Waals surface area contributed by atoms with Crippen molar-refractivity contribution in [1.82, 2.24) is 0 Å². The molecule has 0 saturated heterocycles. The molecule has 0 bridgehead atoms. The predicted molar refractivity (Wildman–Crippen MR) is 57.0 cm³/mol. The van der Waals surface area contributed by atoms with E-state index in [1.165, 1.54) is 6.07 Å². The number of benzene rings is 1. The van der Waals surface area contributed by atoms with E-state index >= 15 is 0 Å². The van der Waals surface area contributed by atoms with Crippen LogP contribution >= 0.6 is 0 Å². The van der Waals surface area contributed by atoms with Crippen molar-refractivity contribution in [3.63, 3.8) is 0 Å². The zero-order valence-electron chi connectivity index (χ0n) is 8.11. The fraction of sp³-hybridized carbons (Fsp3) is 0.0833. The van der Waals surface area contributed by atoms with Gasteiger partial charge in [-0.2, -0.15) is 0 Å². The molecule has 0 fully saturated rings. The van der Waals surface area contributed by atoms with Crippen molar-refractivity contribution in [2.45, 2.75) is 6.92 Å². The molecule has 3 aromatic rings. The zero-order valence-corrected chi connectivity index (χ0v) is 8.11. The van der Waals surface area contributed by atoms with Gasteiger partial charge >= 0.3 is 0 Å². The molecular formula is C12H8O3. The van der Waals surface area contributed by atoms with E-state index in [-0.39, 0.29) is 5.43 Å². The van der Waals surface area contributed by atoms with Gasteiger partial charge in [0.15, 0.2) is 5.43 Å². The maximum absolute atomic E-state index is 11.7. The topological polar surface area (TPSA) is 43.4 Å². The molecule has 15 heavy (non-hydrogen) atoms. The van der Waals surface area contributed by atoms with Crippen molar-refractivity contribution in [2.24, 2.45) is 0 Å². The van der Waals surface area contributed by atoms with E-state index in [0.717, 1.165) is 11.0 Å². The lowest BCUT2D eigenvalue weighted by atomic mass is 10.1. The Balaban J connectivity index is 2.68. The van der Waals surface area contributed by atoms with E-state index in [0.29, 0.717) is 16.7 Å². The van der Waals surface area contributed by atoms with E-state index in [1.807, 2.05) is 0 Å². The molecule has 0 aliphatic rings. The molecule has 3 rings (SSSR count). The summed E-state index contributed by atoms with van der Waals surface area (Å²) in [6.45, 7) is 1.76. The average molecular weight is 200 g/mol. The van der Waals surface area contributed by atoms with Crippen molar-refractivity contribution in [1.29, 1.82) is 0 Å². The summed E-state index contributed by atoms with van der Waals surface area (Å²) in [6.07, 6.45) is 1.59. The SMILES string of the molecule is Cc1cc(=O)c2ccc3occc3c2o1. The Morgan fingerprint density at radius 2 is 2.00 bits per heavy atom. The summed E-state index contributed by atoms with van der Waals surface area (Å²) in [4.78, 5) is 11.7. The van der Waals surface area contributed by atoms with Gasteiger partial charge in [-0.05, 0) is 25.1 Å². The number of hydrogen-bond acceptors (Lipinski definition) is 3. The van der Waals surface area contributed by atoms with Crippen LogP contribution in [0.5, 0.6) is 0 Å². The van der Waals surface area contributed by atoms with Crippen LogP contribution in [0.15, 0.2) is 44.2 Å². The van der Waals surface area contributed by atoms with Crippen LogP contribution in [0.3, 0.4) is 0 Å². The van der Waals surface area contributed by atoms with Gasteiger partial charge in [-0.1, -0.05) is 0 Å². The van der Waals surface area contributed by atoms with Gasteiger partial charge in [-0.15, -0.1) is 0 Å². The molecule has 0 atom stereocenters. The Morgan fingerprint density at radius 1 is 1.13 bits per heavy atom. The zero-order chi connectivity index (χ0) is 10.4. The highest BCUT2D eigenvalue weighted by molar-refractivity contribution is 6.01. The van der Waals surface area contributed by atoms with Gasteiger partial charge < -0.3 is 8.83 Å². The summed E-state index contributed by atoms with van der Waals surface area (Å²) in [5.41, 5.74) is 1.32. The van der Waals surface area contributed by atoms with Crippen molar-refractivity contribution in [2.75, 3.05) is 0 Å². The Labute approximate surface area is 84.9 Å². The molecule has 2 heterocycles. The molecule has 3 heteroatoms. The van der Waals surface area contributed by atoms with Crippen LogP contribution in [-0.2, 0) is 0 Å². The Morgan fingerprint density at radius 3 is 2.87 bits per heavy atom. The van der Waals surface area contributed by atoms with Crippen LogP contribution in [0.2, 0.25) is 0 Å². The number of furan rings is 1. The first-order valence-electron chi connectivity index (χ1n) is 4.66. The molecule has 1 aromatic carbocycles. The van der Waals surface area contributed by atoms with Crippen LogP contribution < -0.4 is 5.43 Å². The Hall–Kier alpha value is -2.03. The number of hydrogen-bond donors (Lipinski definition) is 0. The quantitative estimate of drug-likeness (QED) is 0.560. The molecule has 0 spiro atoms. The number of fused-ring (bicyclic) bond motifs is 3. The van der Waals surface area contributed by atoms with Gasteiger partial charge in [0.05, 0.1) is 17.0 Å². The first-order chi connectivity index (χ1) is 7.25. The minimum Gasteiger partial charge on any atom is -0.464 e. The van der Waals surface area contributed by atoms with Gasteiger partial charge in [0.2, 0.25) is 0 Å². The summed E-state index contributed by atoms with van der Waals surface area (Å²) in [7, 11) is 0. The molecular weight excluding hydrogens is 192 g/mol. The first kappa shape index (κ1) is 8.29. The second kappa shape index (κ2) is 2.73. The van der Waals surface area contributed by atoms with Crippen LogP contribution in [-0.4, -0.2) is 0 Å². The Kier molecular flexibility index (Phi) is 1.51. The largest absolute Gasteiger partial charge is 0.464 e. The second-order valence-electron chi connectivity index (χ2n) is 3.50. The summed E-state index contributed by atoms with van der Waals surface area (Å²) < 4.78 is 10.8. The lowest BCUT2D eigenvalue weighted by Gasteiger charge is -1.98. The van der Waals surface area contributed by atoms with Crippen LogP contribution in [0.1, 0.15) is 5.76 Å². The lowest BCUT2D eigenvalue weighted by molar-refractivity contribution is 0.567. The highest BCUT2D eigenvalue weighted by atomic mass is 16.3. The number of aryl methyl sites for hydroxylation is 1. The van der Waals surface area contributed by atoms with E-state index in [2.05, 4.69) is 0 Å². The molecule has 0 saturated carbocycles. The maximum atomic E-state index is 11.7. The standard InChI is InChI=1S/C12H8O3/c1-7-6-10(13)8-2-3-11-9(4-5-14-11)12(8)15-7/h2-6H,1H3. The lowest BCUT2D eigenvalue weighted by Crippen LogP contribution is -1.99. The van der Waals surface area contributed by atoms with Crippen molar-refractivity contribution < 1.29 is 8.83 Å². The third kappa shape index (κ3) is 1.09. The van der Waals surface area contributed by atoms with Crippen LogP contribution in [0.4, 0.5) is 0 Å². The molecule has 0 unspecified atom stereocenters.